The lowest BCUT2D eigenvalue weighted by Crippen LogP contribution is -2.12. The van der Waals surface area contributed by atoms with Crippen LogP contribution in [0.5, 0.6) is 5.75 Å². The first kappa shape index (κ1) is 14.1. The summed E-state index contributed by atoms with van der Waals surface area (Å²) >= 11 is 0. The second-order valence-electron chi connectivity index (χ2n) is 3.58. The highest BCUT2D eigenvalue weighted by molar-refractivity contribution is 7.90. The van der Waals surface area contributed by atoms with E-state index in [4.69, 9.17) is 4.74 Å². The summed E-state index contributed by atoms with van der Waals surface area (Å²) in [6.45, 7) is -0.114. The van der Waals surface area contributed by atoms with Gasteiger partial charge in [0.2, 0.25) is 0 Å². The van der Waals surface area contributed by atoms with Crippen LogP contribution in [0.1, 0.15) is 10.4 Å². The highest BCUT2D eigenvalue weighted by Crippen LogP contribution is 2.22. The second-order valence-corrected chi connectivity index (χ2v) is 5.84. The van der Waals surface area contributed by atoms with Gasteiger partial charge >= 0.3 is 0 Å². The van der Waals surface area contributed by atoms with E-state index in [1.807, 2.05) is 0 Å². The van der Waals surface area contributed by atoms with E-state index >= 15 is 0 Å². The molecule has 7 nitrogen and oxygen atoms in total. The third-order valence-corrected chi connectivity index (χ3v) is 2.95. The van der Waals surface area contributed by atoms with Crippen LogP contribution in [-0.4, -0.2) is 38.2 Å². The van der Waals surface area contributed by atoms with E-state index in [-0.39, 0.29) is 29.4 Å². The number of hydrogen-bond donors (Lipinski definition) is 0. The minimum absolute atomic E-state index is 0.0118. The molecule has 1 rings (SSSR count). The molecular weight excluding hydrogens is 262 g/mol. The molecule has 0 N–H and O–H groups in total. The molecule has 0 atom stereocenters. The number of ether oxygens (including phenoxy) is 1. The summed E-state index contributed by atoms with van der Waals surface area (Å²) in [5.74, 6) is -0.0679. The summed E-state index contributed by atoms with van der Waals surface area (Å²) < 4.78 is 26.9. The molecule has 0 saturated heterocycles. The Bertz CT molecular complexity index is 566. The van der Waals surface area contributed by atoms with Gasteiger partial charge in [0.15, 0.2) is 16.1 Å². The Kier molecular flexibility index (Phi) is 4.38. The van der Waals surface area contributed by atoms with E-state index in [1.54, 1.807) is 0 Å². The molecule has 0 aromatic heterocycles. The molecule has 0 aliphatic carbocycles. The summed E-state index contributed by atoms with van der Waals surface area (Å²) in [7, 11) is -3.16. The van der Waals surface area contributed by atoms with Crippen LogP contribution in [0.15, 0.2) is 18.2 Å². The molecular formula is C10H11NO6S. The summed E-state index contributed by atoms with van der Waals surface area (Å²) in [4.78, 5) is 20.6. The van der Waals surface area contributed by atoms with Crippen molar-refractivity contribution >= 4 is 21.8 Å². The van der Waals surface area contributed by atoms with Crippen molar-refractivity contribution < 1.29 is 22.9 Å². The molecule has 0 bridgehead atoms. The average Bonchev–Trinajstić information content (AvgIpc) is 2.27. The zero-order valence-electron chi connectivity index (χ0n) is 9.53. The highest BCUT2D eigenvalue weighted by Gasteiger charge is 2.12. The molecule has 1 aromatic carbocycles. The van der Waals surface area contributed by atoms with Crippen molar-refractivity contribution in [2.75, 3.05) is 18.6 Å². The standard InChI is InChI=1S/C10H11NO6S/c1-18(15,16)5-4-17-10-3-2-9(11(13)14)6-8(10)7-12/h2-3,6-7H,4-5H2,1H3. The van der Waals surface area contributed by atoms with Crippen molar-refractivity contribution in [1.29, 1.82) is 0 Å². The molecule has 8 heteroatoms. The van der Waals surface area contributed by atoms with E-state index in [9.17, 15) is 23.3 Å². The largest absolute Gasteiger partial charge is 0.492 e. The first-order valence-corrected chi connectivity index (χ1v) is 6.93. The van der Waals surface area contributed by atoms with Crippen molar-refractivity contribution in [3.05, 3.63) is 33.9 Å². The van der Waals surface area contributed by atoms with Gasteiger partial charge in [0, 0.05) is 18.4 Å². The van der Waals surface area contributed by atoms with E-state index in [0.29, 0.717) is 6.29 Å². The second kappa shape index (κ2) is 5.58. The number of nitrogens with zero attached hydrogens (tertiary/aromatic N) is 1. The van der Waals surface area contributed by atoms with Crippen molar-refractivity contribution in [1.82, 2.24) is 0 Å². The fourth-order valence-electron chi connectivity index (χ4n) is 1.18. The molecule has 0 radical (unpaired) electrons. The van der Waals surface area contributed by atoms with E-state index in [1.165, 1.54) is 12.1 Å². The Morgan fingerprint density at radius 1 is 1.44 bits per heavy atom. The van der Waals surface area contributed by atoms with Crippen LogP contribution in [-0.2, 0) is 9.84 Å². The predicted molar refractivity (Wildman–Crippen MR) is 63.7 cm³/mol. The number of sulfone groups is 1. The number of nitro groups is 1. The van der Waals surface area contributed by atoms with Gasteiger partial charge in [-0.25, -0.2) is 8.42 Å². The minimum Gasteiger partial charge on any atom is -0.492 e. The maximum Gasteiger partial charge on any atom is 0.270 e. The zero-order chi connectivity index (χ0) is 13.8. The monoisotopic (exact) mass is 273 g/mol. The zero-order valence-corrected chi connectivity index (χ0v) is 10.3. The lowest BCUT2D eigenvalue weighted by Gasteiger charge is -2.07. The van der Waals surface area contributed by atoms with Gasteiger partial charge in [0.05, 0.1) is 16.2 Å². The quantitative estimate of drug-likeness (QED) is 0.432. The van der Waals surface area contributed by atoms with Crippen LogP contribution in [0.25, 0.3) is 0 Å². The molecule has 0 unspecified atom stereocenters. The Morgan fingerprint density at radius 2 is 2.11 bits per heavy atom. The van der Waals surface area contributed by atoms with Crippen LogP contribution in [0.4, 0.5) is 5.69 Å². The topological polar surface area (TPSA) is 104 Å². The summed E-state index contributed by atoms with van der Waals surface area (Å²) in [6, 6.07) is 3.52. The maximum absolute atomic E-state index is 10.9. The fourth-order valence-corrected chi connectivity index (χ4v) is 1.56. The third-order valence-electron chi connectivity index (χ3n) is 2.04. The first-order valence-electron chi connectivity index (χ1n) is 4.87. The van der Waals surface area contributed by atoms with Crippen molar-refractivity contribution in [2.24, 2.45) is 0 Å². The van der Waals surface area contributed by atoms with Gasteiger partial charge in [-0.1, -0.05) is 0 Å². The summed E-state index contributed by atoms with van der Waals surface area (Å²) in [6.07, 6.45) is 1.48. The SMILES string of the molecule is CS(=O)(=O)CCOc1ccc([N+](=O)[O-])cc1C=O. The molecule has 1 aromatic rings. The van der Waals surface area contributed by atoms with Gasteiger partial charge in [-0.3, -0.25) is 14.9 Å². The molecule has 0 heterocycles. The van der Waals surface area contributed by atoms with Crippen LogP contribution < -0.4 is 4.74 Å². The molecule has 0 aliphatic heterocycles. The van der Waals surface area contributed by atoms with E-state index in [2.05, 4.69) is 0 Å². The molecule has 0 amide bonds. The Balaban J connectivity index is 2.83. The van der Waals surface area contributed by atoms with Gasteiger partial charge in [-0.05, 0) is 6.07 Å². The Labute approximate surface area is 103 Å². The van der Waals surface area contributed by atoms with Crippen LogP contribution >= 0.6 is 0 Å². The number of carbonyl (C=O) groups excluding carboxylic acids is 1. The first-order chi connectivity index (χ1) is 8.33. The molecule has 0 fully saturated rings. The molecule has 98 valence electrons. The molecule has 0 saturated carbocycles. The number of aldehydes is 1. The maximum atomic E-state index is 10.9. The Morgan fingerprint density at radius 3 is 2.61 bits per heavy atom. The molecule has 0 aliphatic rings. The number of non-ortho nitro benzene ring substituents is 1. The number of nitro benzene ring substituents is 1. The van der Waals surface area contributed by atoms with Crippen LogP contribution in [0.3, 0.4) is 0 Å². The van der Waals surface area contributed by atoms with Crippen molar-refractivity contribution in [2.45, 2.75) is 0 Å². The number of rotatable bonds is 6. The highest BCUT2D eigenvalue weighted by atomic mass is 32.2. The average molecular weight is 273 g/mol. The summed E-state index contributed by atoms with van der Waals surface area (Å²) in [5, 5.41) is 10.5. The van der Waals surface area contributed by atoms with E-state index < -0.39 is 14.8 Å². The van der Waals surface area contributed by atoms with Gasteiger partial charge in [-0.2, -0.15) is 0 Å². The van der Waals surface area contributed by atoms with Gasteiger partial charge in [0.1, 0.15) is 12.4 Å². The summed E-state index contributed by atoms with van der Waals surface area (Å²) in [5.41, 5.74) is -0.217. The van der Waals surface area contributed by atoms with Gasteiger partial charge < -0.3 is 4.74 Å². The third kappa shape index (κ3) is 4.13. The van der Waals surface area contributed by atoms with Crippen molar-refractivity contribution in [3.8, 4) is 5.75 Å². The number of benzene rings is 1. The van der Waals surface area contributed by atoms with E-state index in [0.717, 1.165) is 12.3 Å². The van der Waals surface area contributed by atoms with Crippen molar-refractivity contribution in [3.63, 3.8) is 0 Å². The fraction of sp³-hybridized carbons (Fsp3) is 0.300. The molecule has 0 spiro atoms. The molecule has 18 heavy (non-hydrogen) atoms. The normalized spacial score (nSPS) is 10.9. The lowest BCUT2D eigenvalue weighted by atomic mass is 10.2. The van der Waals surface area contributed by atoms with Gasteiger partial charge in [-0.15, -0.1) is 0 Å². The minimum atomic E-state index is -3.16. The van der Waals surface area contributed by atoms with Crippen LogP contribution in [0, 0.1) is 10.1 Å². The van der Waals surface area contributed by atoms with Gasteiger partial charge in [0.25, 0.3) is 5.69 Å². The van der Waals surface area contributed by atoms with Crippen LogP contribution in [0.2, 0.25) is 0 Å². The predicted octanol–water partition coefficient (Wildman–Crippen LogP) is 0.831. The lowest BCUT2D eigenvalue weighted by molar-refractivity contribution is -0.384. The smallest absolute Gasteiger partial charge is 0.270 e. The Hall–Kier alpha value is -1.96. The number of hydrogen-bond acceptors (Lipinski definition) is 6. The number of carbonyl (C=O) groups is 1.